The standard InChI is InChI=1S/C25H27N3O2/c1-25(2)16-22(25)24(29)28-20-10-13-23(27-17-20)30-21-11-8-19(9-12-21)26-15-14-18-6-4-3-5-7-18/h3-13,17,22,26H,14-16H2,1-2H3,(H,28,29). The molecule has 1 aromatic heterocycles. The molecular formula is C25H27N3O2. The van der Waals surface area contributed by atoms with Gasteiger partial charge < -0.3 is 15.4 Å². The second kappa shape index (κ2) is 8.57. The van der Waals surface area contributed by atoms with Gasteiger partial charge in [0.25, 0.3) is 0 Å². The molecule has 1 fully saturated rings. The molecule has 0 bridgehead atoms. The zero-order valence-corrected chi connectivity index (χ0v) is 17.4. The van der Waals surface area contributed by atoms with Crippen molar-refractivity contribution >= 4 is 17.3 Å². The number of hydrogen-bond acceptors (Lipinski definition) is 4. The number of rotatable bonds is 8. The lowest BCUT2D eigenvalue weighted by atomic mass is 10.1. The minimum atomic E-state index is 0.0609. The quantitative estimate of drug-likeness (QED) is 0.522. The number of anilines is 2. The zero-order valence-electron chi connectivity index (χ0n) is 17.4. The zero-order chi connectivity index (χ0) is 21.0. The molecule has 1 unspecified atom stereocenters. The van der Waals surface area contributed by atoms with Crippen molar-refractivity contribution in [3.63, 3.8) is 0 Å². The molecule has 0 saturated heterocycles. The van der Waals surface area contributed by atoms with Crippen LogP contribution in [-0.2, 0) is 11.2 Å². The summed E-state index contributed by atoms with van der Waals surface area (Å²) in [6.45, 7) is 5.09. The summed E-state index contributed by atoms with van der Waals surface area (Å²) in [4.78, 5) is 16.5. The Labute approximate surface area is 177 Å². The molecular weight excluding hydrogens is 374 g/mol. The average molecular weight is 402 g/mol. The molecule has 1 aliphatic carbocycles. The van der Waals surface area contributed by atoms with E-state index in [-0.39, 0.29) is 17.2 Å². The number of amides is 1. The third-order valence-corrected chi connectivity index (χ3v) is 5.50. The molecule has 0 radical (unpaired) electrons. The molecule has 5 nitrogen and oxygen atoms in total. The summed E-state index contributed by atoms with van der Waals surface area (Å²) in [7, 11) is 0. The van der Waals surface area contributed by atoms with Crippen molar-refractivity contribution < 1.29 is 9.53 Å². The molecule has 1 amide bonds. The highest BCUT2D eigenvalue weighted by Gasteiger charge is 2.50. The van der Waals surface area contributed by atoms with E-state index in [2.05, 4.69) is 53.7 Å². The number of pyridine rings is 1. The van der Waals surface area contributed by atoms with Crippen LogP contribution in [0.15, 0.2) is 72.9 Å². The van der Waals surface area contributed by atoms with E-state index in [9.17, 15) is 4.79 Å². The molecule has 5 heteroatoms. The van der Waals surface area contributed by atoms with Crippen molar-refractivity contribution in [2.45, 2.75) is 26.7 Å². The van der Waals surface area contributed by atoms with E-state index in [4.69, 9.17) is 4.74 Å². The van der Waals surface area contributed by atoms with Crippen LogP contribution in [0, 0.1) is 11.3 Å². The van der Waals surface area contributed by atoms with Gasteiger partial charge >= 0.3 is 0 Å². The van der Waals surface area contributed by atoms with E-state index in [0.717, 1.165) is 25.1 Å². The van der Waals surface area contributed by atoms with Crippen LogP contribution >= 0.6 is 0 Å². The van der Waals surface area contributed by atoms with E-state index in [1.165, 1.54) is 5.56 Å². The molecule has 1 atom stereocenters. The van der Waals surface area contributed by atoms with Gasteiger partial charge in [-0.2, -0.15) is 0 Å². The van der Waals surface area contributed by atoms with Gasteiger partial charge in [-0.1, -0.05) is 44.2 Å². The molecule has 1 heterocycles. The van der Waals surface area contributed by atoms with Crippen LogP contribution in [-0.4, -0.2) is 17.4 Å². The first-order valence-corrected chi connectivity index (χ1v) is 10.3. The lowest BCUT2D eigenvalue weighted by Gasteiger charge is -2.09. The number of hydrogen-bond donors (Lipinski definition) is 2. The van der Waals surface area contributed by atoms with Gasteiger partial charge in [0.1, 0.15) is 5.75 Å². The highest BCUT2D eigenvalue weighted by Crippen LogP contribution is 2.51. The summed E-state index contributed by atoms with van der Waals surface area (Å²) >= 11 is 0. The Morgan fingerprint density at radius 2 is 1.73 bits per heavy atom. The Hall–Kier alpha value is -3.34. The van der Waals surface area contributed by atoms with E-state index in [0.29, 0.717) is 17.3 Å². The number of nitrogens with zero attached hydrogens (tertiary/aromatic N) is 1. The molecule has 154 valence electrons. The maximum atomic E-state index is 12.2. The normalized spacial score (nSPS) is 16.5. The Balaban J connectivity index is 1.25. The average Bonchev–Trinajstić information content (AvgIpc) is 3.40. The number of ether oxygens (including phenoxy) is 1. The van der Waals surface area contributed by atoms with Gasteiger partial charge in [-0.05, 0) is 54.2 Å². The molecule has 2 N–H and O–H groups in total. The minimum absolute atomic E-state index is 0.0609. The number of aromatic nitrogens is 1. The van der Waals surface area contributed by atoms with Crippen LogP contribution < -0.4 is 15.4 Å². The maximum absolute atomic E-state index is 12.2. The van der Waals surface area contributed by atoms with Crippen LogP contribution in [0.4, 0.5) is 11.4 Å². The van der Waals surface area contributed by atoms with E-state index < -0.39 is 0 Å². The summed E-state index contributed by atoms with van der Waals surface area (Å²) < 4.78 is 5.81. The maximum Gasteiger partial charge on any atom is 0.228 e. The van der Waals surface area contributed by atoms with Gasteiger partial charge in [-0.25, -0.2) is 4.98 Å². The van der Waals surface area contributed by atoms with Crippen molar-refractivity contribution in [2.24, 2.45) is 11.3 Å². The fourth-order valence-corrected chi connectivity index (χ4v) is 3.42. The SMILES string of the molecule is CC1(C)CC1C(=O)Nc1ccc(Oc2ccc(NCCc3ccccc3)cc2)nc1. The van der Waals surface area contributed by atoms with Crippen molar-refractivity contribution in [3.05, 3.63) is 78.5 Å². The lowest BCUT2D eigenvalue weighted by molar-refractivity contribution is -0.118. The fourth-order valence-electron chi connectivity index (χ4n) is 3.42. The van der Waals surface area contributed by atoms with Crippen LogP contribution in [0.5, 0.6) is 11.6 Å². The van der Waals surface area contributed by atoms with Crippen molar-refractivity contribution in [3.8, 4) is 11.6 Å². The minimum Gasteiger partial charge on any atom is -0.439 e. The van der Waals surface area contributed by atoms with Crippen molar-refractivity contribution in [2.75, 3.05) is 17.2 Å². The summed E-state index contributed by atoms with van der Waals surface area (Å²) in [5, 5.41) is 6.34. The number of nitrogens with one attached hydrogen (secondary N) is 2. The number of carbonyl (C=O) groups excluding carboxylic acids is 1. The predicted octanol–water partition coefficient (Wildman–Crippen LogP) is 5.51. The Bertz CT molecular complexity index is 983. The summed E-state index contributed by atoms with van der Waals surface area (Å²) in [6, 6.07) is 21.8. The molecule has 2 aromatic carbocycles. The smallest absolute Gasteiger partial charge is 0.228 e. The largest absolute Gasteiger partial charge is 0.439 e. The molecule has 30 heavy (non-hydrogen) atoms. The second-order valence-electron chi connectivity index (χ2n) is 8.41. The Kier molecular flexibility index (Phi) is 5.70. The summed E-state index contributed by atoms with van der Waals surface area (Å²) in [5.41, 5.74) is 3.17. The van der Waals surface area contributed by atoms with E-state index in [1.807, 2.05) is 36.4 Å². The van der Waals surface area contributed by atoms with Gasteiger partial charge in [0.05, 0.1) is 11.9 Å². The molecule has 0 aliphatic heterocycles. The van der Waals surface area contributed by atoms with E-state index in [1.54, 1.807) is 12.3 Å². The lowest BCUT2D eigenvalue weighted by Crippen LogP contribution is -2.16. The molecule has 0 spiro atoms. The highest BCUT2D eigenvalue weighted by atomic mass is 16.5. The second-order valence-corrected chi connectivity index (χ2v) is 8.41. The summed E-state index contributed by atoms with van der Waals surface area (Å²) in [6.07, 6.45) is 3.54. The fraction of sp³-hybridized carbons (Fsp3) is 0.280. The molecule has 4 rings (SSSR count). The Morgan fingerprint density at radius 3 is 2.37 bits per heavy atom. The van der Waals surface area contributed by atoms with Gasteiger partial charge in [0, 0.05) is 24.2 Å². The van der Waals surface area contributed by atoms with Crippen molar-refractivity contribution in [1.82, 2.24) is 4.98 Å². The van der Waals surface area contributed by atoms with Gasteiger partial charge in [0.2, 0.25) is 11.8 Å². The van der Waals surface area contributed by atoms with Crippen molar-refractivity contribution in [1.29, 1.82) is 0 Å². The van der Waals surface area contributed by atoms with Crippen LogP contribution in [0.25, 0.3) is 0 Å². The monoisotopic (exact) mass is 401 g/mol. The van der Waals surface area contributed by atoms with Gasteiger partial charge in [-0.15, -0.1) is 0 Å². The third-order valence-electron chi connectivity index (χ3n) is 5.50. The topological polar surface area (TPSA) is 63.2 Å². The number of carbonyl (C=O) groups is 1. The van der Waals surface area contributed by atoms with Crippen LogP contribution in [0.1, 0.15) is 25.8 Å². The van der Waals surface area contributed by atoms with Crippen LogP contribution in [0.3, 0.4) is 0 Å². The van der Waals surface area contributed by atoms with Gasteiger partial charge in [-0.3, -0.25) is 4.79 Å². The first-order chi connectivity index (χ1) is 14.5. The van der Waals surface area contributed by atoms with Gasteiger partial charge in [0.15, 0.2) is 0 Å². The third kappa shape index (κ3) is 5.17. The predicted molar refractivity (Wildman–Crippen MR) is 120 cm³/mol. The molecule has 1 aliphatic rings. The molecule has 3 aromatic rings. The summed E-state index contributed by atoms with van der Waals surface area (Å²) in [5.74, 6) is 1.36. The van der Waals surface area contributed by atoms with E-state index >= 15 is 0 Å². The first-order valence-electron chi connectivity index (χ1n) is 10.3. The first kappa shape index (κ1) is 20.0. The van der Waals surface area contributed by atoms with Crippen LogP contribution in [0.2, 0.25) is 0 Å². The number of benzene rings is 2. The highest BCUT2D eigenvalue weighted by molar-refractivity contribution is 5.94. The Morgan fingerprint density at radius 1 is 1.03 bits per heavy atom. The molecule has 1 saturated carbocycles.